The van der Waals surface area contributed by atoms with Gasteiger partial charge < -0.3 is 5.32 Å². The largest absolute Gasteiger partial charge is 0.345 e. The maximum absolute atomic E-state index is 12.0. The van der Waals surface area contributed by atoms with Crippen molar-refractivity contribution >= 4 is 49.1 Å². The lowest BCUT2D eigenvalue weighted by Crippen LogP contribution is -2.25. The number of hydrogen-bond donors (Lipinski definition) is 1. The van der Waals surface area contributed by atoms with E-state index >= 15 is 0 Å². The van der Waals surface area contributed by atoms with Crippen LogP contribution in [0.5, 0.6) is 0 Å². The number of rotatable bonds is 3. The van der Waals surface area contributed by atoms with Gasteiger partial charge in [-0.05, 0) is 62.5 Å². The lowest BCUT2D eigenvalue weighted by molar-refractivity contribution is 0.0944. The number of aromatic nitrogens is 1. The van der Waals surface area contributed by atoms with Crippen molar-refractivity contribution in [1.29, 1.82) is 0 Å². The normalized spacial score (nSPS) is 12.2. The molecule has 0 spiro atoms. The zero-order valence-corrected chi connectivity index (χ0v) is 13.5. The van der Waals surface area contributed by atoms with Crippen LogP contribution >= 0.6 is 43.2 Å². The van der Waals surface area contributed by atoms with Gasteiger partial charge in [-0.1, -0.05) is 0 Å². The predicted octanol–water partition coefficient (Wildman–Crippen LogP) is 4.16. The lowest BCUT2D eigenvalue weighted by atomic mass is 10.1. The Morgan fingerprint density at radius 3 is 2.61 bits per heavy atom. The maximum Gasteiger partial charge on any atom is 0.261 e. The minimum Gasteiger partial charge on any atom is -0.345 e. The first-order valence-corrected chi connectivity index (χ1v) is 7.64. The molecule has 2 rings (SSSR count). The molecule has 18 heavy (non-hydrogen) atoms. The molecule has 0 aliphatic heterocycles. The molecule has 0 aliphatic carbocycles. The summed E-state index contributed by atoms with van der Waals surface area (Å²) >= 11 is 8.15. The Hall–Kier alpha value is -0.720. The zero-order chi connectivity index (χ0) is 13.1. The zero-order valence-electron chi connectivity index (χ0n) is 9.48. The van der Waals surface area contributed by atoms with Gasteiger partial charge in [-0.2, -0.15) is 0 Å². The Morgan fingerprint density at radius 1 is 1.39 bits per heavy atom. The van der Waals surface area contributed by atoms with Crippen LogP contribution in [0.15, 0.2) is 38.9 Å². The van der Waals surface area contributed by atoms with Crippen LogP contribution in [-0.2, 0) is 0 Å². The summed E-state index contributed by atoms with van der Waals surface area (Å²) in [6.07, 6.45) is 3.44. The second-order valence-corrected chi connectivity index (χ2v) is 6.93. The molecule has 2 aromatic rings. The molecule has 2 aromatic heterocycles. The first-order chi connectivity index (χ1) is 8.58. The Morgan fingerprint density at radius 2 is 2.06 bits per heavy atom. The standard InChI is InChI=1S/C12H10Br2N2OS/c1-7(8-2-4-15-5-3-8)16-12(17)10-6-9(13)11(14)18-10/h2-7H,1H3,(H,16,17). The molecule has 0 aromatic carbocycles. The van der Waals surface area contributed by atoms with Crippen molar-refractivity contribution in [1.82, 2.24) is 10.3 Å². The highest BCUT2D eigenvalue weighted by molar-refractivity contribution is 9.13. The molecule has 6 heteroatoms. The maximum atomic E-state index is 12.0. The number of nitrogens with one attached hydrogen (secondary N) is 1. The average molecular weight is 390 g/mol. The van der Waals surface area contributed by atoms with E-state index in [2.05, 4.69) is 42.2 Å². The van der Waals surface area contributed by atoms with Crippen LogP contribution in [0.1, 0.15) is 28.2 Å². The van der Waals surface area contributed by atoms with E-state index in [0.717, 1.165) is 13.8 Å². The molecule has 1 atom stereocenters. The minimum absolute atomic E-state index is 0.0415. The molecule has 1 amide bonds. The van der Waals surface area contributed by atoms with E-state index in [1.165, 1.54) is 11.3 Å². The topological polar surface area (TPSA) is 42.0 Å². The molecule has 1 unspecified atom stereocenters. The van der Waals surface area contributed by atoms with Crippen molar-refractivity contribution in [3.8, 4) is 0 Å². The SMILES string of the molecule is CC(NC(=O)c1cc(Br)c(Br)s1)c1ccncc1. The fourth-order valence-corrected chi connectivity index (χ4v) is 3.40. The first-order valence-electron chi connectivity index (χ1n) is 5.23. The first kappa shape index (κ1) is 13.7. The van der Waals surface area contributed by atoms with Crippen LogP contribution < -0.4 is 5.32 Å². The number of halogens is 2. The van der Waals surface area contributed by atoms with E-state index in [9.17, 15) is 4.79 Å². The molecule has 94 valence electrons. The molecule has 0 saturated carbocycles. The van der Waals surface area contributed by atoms with Gasteiger partial charge in [-0.3, -0.25) is 9.78 Å². The van der Waals surface area contributed by atoms with E-state index in [-0.39, 0.29) is 11.9 Å². The predicted molar refractivity (Wildman–Crippen MR) is 79.8 cm³/mol. The molecular formula is C12H10Br2N2OS. The number of pyridine rings is 1. The van der Waals surface area contributed by atoms with Crippen molar-refractivity contribution in [2.24, 2.45) is 0 Å². The van der Waals surface area contributed by atoms with Crippen LogP contribution in [0.4, 0.5) is 0 Å². The molecule has 3 nitrogen and oxygen atoms in total. The number of thiophene rings is 1. The molecule has 0 aliphatic rings. The van der Waals surface area contributed by atoms with Crippen molar-refractivity contribution in [3.05, 3.63) is 49.3 Å². The summed E-state index contributed by atoms with van der Waals surface area (Å²) in [5.41, 5.74) is 1.04. The second kappa shape index (κ2) is 5.95. The third-order valence-corrected chi connectivity index (χ3v) is 5.68. The number of amides is 1. The Bertz CT molecular complexity index is 537. The number of carbonyl (C=O) groups is 1. The monoisotopic (exact) mass is 388 g/mol. The van der Waals surface area contributed by atoms with Crippen molar-refractivity contribution in [2.75, 3.05) is 0 Å². The molecule has 2 heterocycles. The molecule has 0 bridgehead atoms. The van der Waals surface area contributed by atoms with Crippen LogP contribution in [0.2, 0.25) is 0 Å². The summed E-state index contributed by atoms with van der Waals surface area (Å²) in [5.74, 6) is -0.0734. The summed E-state index contributed by atoms with van der Waals surface area (Å²) in [5, 5.41) is 2.96. The van der Waals surface area contributed by atoms with Gasteiger partial charge in [0.05, 0.1) is 14.7 Å². The lowest BCUT2D eigenvalue weighted by Gasteiger charge is -2.13. The molecule has 0 fully saturated rings. The fraction of sp³-hybridized carbons (Fsp3) is 0.167. The quantitative estimate of drug-likeness (QED) is 0.856. The highest BCUT2D eigenvalue weighted by Gasteiger charge is 2.15. The van der Waals surface area contributed by atoms with Gasteiger partial charge in [-0.15, -0.1) is 11.3 Å². The third kappa shape index (κ3) is 3.18. The molecule has 0 saturated heterocycles. The highest BCUT2D eigenvalue weighted by Crippen LogP contribution is 2.32. The van der Waals surface area contributed by atoms with Crippen LogP contribution in [-0.4, -0.2) is 10.9 Å². The van der Waals surface area contributed by atoms with Gasteiger partial charge in [0.15, 0.2) is 0 Å². The van der Waals surface area contributed by atoms with Gasteiger partial charge in [0, 0.05) is 16.9 Å². The van der Waals surface area contributed by atoms with E-state index in [1.54, 1.807) is 12.4 Å². The molecule has 1 N–H and O–H groups in total. The van der Waals surface area contributed by atoms with Crippen molar-refractivity contribution in [3.63, 3.8) is 0 Å². The smallest absolute Gasteiger partial charge is 0.261 e. The minimum atomic E-state index is -0.0734. The van der Waals surface area contributed by atoms with Crippen LogP contribution in [0.3, 0.4) is 0 Å². The summed E-state index contributed by atoms with van der Waals surface area (Å²) in [4.78, 5) is 16.7. The highest BCUT2D eigenvalue weighted by atomic mass is 79.9. The van der Waals surface area contributed by atoms with E-state index < -0.39 is 0 Å². The summed E-state index contributed by atoms with van der Waals surface area (Å²) in [6.45, 7) is 1.95. The van der Waals surface area contributed by atoms with E-state index in [0.29, 0.717) is 4.88 Å². The van der Waals surface area contributed by atoms with Gasteiger partial charge >= 0.3 is 0 Å². The number of carbonyl (C=O) groups excluding carboxylic acids is 1. The second-order valence-electron chi connectivity index (χ2n) is 3.71. The molecule has 0 radical (unpaired) electrons. The van der Waals surface area contributed by atoms with Crippen molar-refractivity contribution in [2.45, 2.75) is 13.0 Å². The van der Waals surface area contributed by atoms with Gasteiger partial charge in [0.25, 0.3) is 5.91 Å². The summed E-state index contributed by atoms with van der Waals surface area (Å²) in [7, 11) is 0. The van der Waals surface area contributed by atoms with Gasteiger partial charge in [0.2, 0.25) is 0 Å². The third-order valence-electron chi connectivity index (χ3n) is 2.42. The van der Waals surface area contributed by atoms with E-state index in [4.69, 9.17) is 0 Å². The van der Waals surface area contributed by atoms with Gasteiger partial charge in [-0.25, -0.2) is 0 Å². The van der Waals surface area contributed by atoms with Crippen LogP contribution in [0, 0.1) is 0 Å². The summed E-state index contributed by atoms with van der Waals surface area (Å²) in [6, 6.07) is 5.56. The van der Waals surface area contributed by atoms with Crippen LogP contribution in [0.25, 0.3) is 0 Å². The van der Waals surface area contributed by atoms with E-state index in [1.807, 2.05) is 25.1 Å². The number of hydrogen-bond acceptors (Lipinski definition) is 3. The van der Waals surface area contributed by atoms with Gasteiger partial charge in [0.1, 0.15) is 0 Å². The Balaban J connectivity index is 2.08. The number of nitrogens with zero attached hydrogens (tertiary/aromatic N) is 1. The Kier molecular flexibility index (Phi) is 4.53. The Labute approximate surface area is 126 Å². The molecular weight excluding hydrogens is 380 g/mol. The van der Waals surface area contributed by atoms with Crippen molar-refractivity contribution < 1.29 is 4.79 Å². The summed E-state index contributed by atoms with van der Waals surface area (Å²) < 4.78 is 1.82. The average Bonchev–Trinajstić information content (AvgIpc) is 2.71. The fourth-order valence-electron chi connectivity index (χ4n) is 1.46.